The highest BCUT2D eigenvalue weighted by Gasteiger charge is 2.36. The molecule has 0 aliphatic carbocycles. The normalized spacial score (nSPS) is 15.1. The van der Waals surface area contributed by atoms with Gasteiger partial charge in [-0.15, -0.1) is 0 Å². The average molecular weight is 561 g/mol. The van der Waals surface area contributed by atoms with Crippen LogP contribution in [0.25, 0.3) is 0 Å². The van der Waals surface area contributed by atoms with Gasteiger partial charge in [-0.3, -0.25) is 19.2 Å². The highest BCUT2D eigenvalue weighted by molar-refractivity contribution is 6.30. The lowest BCUT2D eigenvalue weighted by Crippen LogP contribution is -2.56. The molecule has 0 radical (unpaired) electrons. The number of rotatable bonds is 10. The van der Waals surface area contributed by atoms with E-state index >= 15 is 0 Å². The topological polar surface area (TPSA) is 122 Å². The summed E-state index contributed by atoms with van der Waals surface area (Å²) in [6.45, 7) is 2.24. The van der Waals surface area contributed by atoms with Crippen molar-refractivity contribution in [3.05, 3.63) is 100 Å². The number of benzene rings is 3. The van der Waals surface area contributed by atoms with E-state index in [0.717, 1.165) is 16.7 Å². The van der Waals surface area contributed by atoms with Crippen molar-refractivity contribution in [2.75, 3.05) is 11.9 Å². The lowest BCUT2D eigenvalue weighted by molar-refractivity contribution is -0.142. The van der Waals surface area contributed by atoms with Gasteiger partial charge in [0.15, 0.2) is 5.78 Å². The molecule has 1 aliphatic rings. The maximum atomic E-state index is 13.6. The van der Waals surface area contributed by atoms with Gasteiger partial charge in [0.05, 0.1) is 0 Å². The number of nitrogens with one attached hydrogen (secondary N) is 2. The van der Waals surface area contributed by atoms with Gasteiger partial charge >= 0.3 is 0 Å². The molecule has 0 unspecified atom stereocenters. The Balaban J connectivity index is 1.49. The summed E-state index contributed by atoms with van der Waals surface area (Å²) in [6.07, 6.45) is 0.525. The van der Waals surface area contributed by atoms with E-state index in [1.807, 2.05) is 37.3 Å². The molecule has 3 aromatic rings. The fourth-order valence-corrected chi connectivity index (χ4v) is 5.07. The van der Waals surface area contributed by atoms with Crippen LogP contribution in [0.15, 0.2) is 72.8 Å². The molecule has 3 amide bonds. The standard InChI is InChI=1S/C31H33ClN4O4/c1-20-17-24(32)11-12-25(20)34-30(39)26(15-16-33)35-31(40)27-18-22-9-5-6-10-23(22)19-36(27)29(38)14-13-28(37)21-7-3-2-4-8-21/h2-12,17,26-27H,13-16,18-19,33H2,1H3,(H,34,39)(H,35,40)/t26-,27-/m0/s1. The van der Waals surface area contributed by atoms with E-state index in [9.17, 15) is 19.2 Å². The number of halogens is 1. The predicted octanol–water partition coefficient (Wildman–Crippen LogP) is 4.04. The van der Waals surface area contributed by atoms with Gasteiger partial charge in [0.2, 0.25) is 17.7 Å². The summed E-state index contributed by atoms with van der Waals surface area (Å²) >= 11 is 6.03. The van der Waals surface area contributed by atoms with E-state index in [4.69, 9.17) is 17.3 Å². The van der Waals surface area contributed by atoms with E-state index in [1.165, 1.54) is 4.90 Å². The van der Waals surface area contributed by atoms with Gasteiger partial charge in [0.1, 0.15) is 12.1 Å². The fraction of sp³-hybridized carbons (Fsp3) is 0.290. The van der Waals surface area contributed by atoms with Crippen LogP contribution in [0, 0.1) is 6.92 Å². The third-order valence-corrected chi connectivity index (χ3v) is 7.30. The molecule has 0 spiro atoms. The summed E-state index contributed by atoms with van der Waals surface area (Å²) in [5, 5.41) is 6.22. The number of aryl methyl sites for hydroxylation is 1. The molecule has 0 fully saturated rings. The molecule has 2 atom stereocenters. The van der Waals surface area contributed by atoms with Crippen LogP contribution in [0.4, 0.5) is 5.69 Å². The average Bonchev–Trinajstić information content (AvgIpc) is 2.96. The summed E-state index contributed by atoms with van der Waals surface area (Å²) in [5.41, 5.74) is 9.59. The van der Waals surface area contributed by atoms with Crippen LogP contribution in [0.2, 0.25) is 5.02 Å². The first-order chi connectivity index (χ1) is 19.3. The number of nitrogens with two attached hydrogens (primary N) is 1. The second-order valence-corrected chi connectivity index (χ2v) is 10.3. The Kier molecular flexibility index (Phi) is 9.69. The maximum Gasteiger partial charge on any atom is 0.247 e. The SMILES string of the molecule is Cc1cc(Cl)ccc1NC(=O)[C@H](CCN)NC(=O)[C@@H]1Cc2ccccc2CN1C(=O)CCC(=O)c1ccccc1. The summed E-state index contributed by atoms with van der Waals surface area (Å²) < 4.78 is 0. The van der Waals surface area contributed by atoms with Crippen molar-refractivity contribution < 1.29 is 19.2 Å². The van der Waals surface area contributed by atoms with Crippen LogP contribution in [0.1, 0.15) is 46.3 Å². The zero-order valence-electron chi connectivity index (χ0n) is 22.4. The van der Waals surface area contributed by atoms with Crippen molar-refractivity contribution >= 4 is 40.8 Å². The molecule has 208 valence electrons. The second kappa shape index (κ2) is 13.4. The summed E-state index contributed by atoms with van der Waals surface area (Å²) in [6, 6.07) is 19.8. The number of Topliss-reactive ketones (excluding diaryl/α,β-unsaturated/α-hetero) is 1. The molecule has 1 aliphatic heterocycles. The number of nitrogens with zero attached hydrogens (tertiary/aromatic N) is 1. The Labute approximate surface area is 238 Å². The van der Waals surface area contributed by atoms with Crippen molar-refractivity contribution in [1.29, 1.82) is 0 Å². The van der Waals surface area contributed by atoms with Gasteiger partial charge in [-0.1, -0.05) is 66.2 Å². The van der Waals surface area contributed by atoms with Gasteiger partial charge in [0.25, 0.3) is 0 Å². The van der Waals surface area contributed by atoms with Crippen LogP contribution < -0.4 is 16.4 Å². The molecule has 0 saturated heterocycles. The number of hydrogen-bond donors (Lipinski definition) is 3. The van der Waals surface area contributed by atoms with Crippen molar-refractivity contribution in [3.63, 3.8) is 0 Å². The number of ketones is 1. The summed E-state index contributed by atoms with van der Waals surface area (Å²) in [4.78, 5) is 54.3. The molecule has 9 heteroatoms. The molecule has 4 N–H and O–H groups in total. The first-order valence-corrected chi connectivity index (χ1v) is 13.7. The quantitative estimate of drug-likeness (QED) is 0.323. The fourth-order valence-electron chi connectivity index (χ4n) is 4.84. The molecule has 0 bridgehead atoms. The number of carbonyl (C=O) groups excluding carboxylic acids is 4. The third-order valence-electron chi connectivity index (χ3n) is 7.07. The Morgan fingerprint density at radius 1 is 0.975 bits per heavy atom. The lowest BCUT2D eigenvalue weighted by atomic mass is 9.92. The van der Waals surface area contributed by atoms with Crippen LogP contribution in [-0.4, -0.2) is 47.0 Å². The van der Waals surface area contributed by atoms with E-state index in [2.05, 4.69) is 10.6 Å². The molecular formula is C31H33ClN4O4. The second-order valence-electron chi connectivity index (χ2n) is 9.89. The van der Waals surface area contributed by atoms with Gasteiger partial charge in [-0.25, -0.2) is 0 Å². The zero-order valence-corrected chi connectivity index (χ0v) is 23.1. The molecule has 40 heavy (non-hydrogen) atoms. The molecule has 8 nitrogen and oxygen atoms in total. The zero-order chi connectivity index (χ0) is 28.6. The summed E-state index contributed by atoms with van der Waals surface area (Å²) in [7, 11) is 0. The van der Waals surface area contributed by atoms with E-state index in [1.54, 1.807) is 42.5 Å². The van der Waals surface area contributed by atoms with Crippen molar-refractivity contribution in [2.24, 2.45) is 5.73 Å². The van der Waals surface area contributed by atoms with E-state index < -0.39 is 23.9 Å². The van der Waals surface area contributed by atoms with Crippen LogP contribution in [-0.2, 0) is 27.3 Å². The van der Waals surface area contributed by atoms with Gasteiger partial charge in [-0.2, -0.15) is 0 Å². The van der Waals surface area contributed by atoms with E-state index in [0.29, 0.717) is 22.7 Å². The van der Waals surface area contributed by atoms with Crippen molar-refractivity contribution in [2.45, 2.75) is 51.2 Å². The van der Waals surface area contributed by atoms with Crippen LogP contribution in [0.3, 0.4) is 0 Å². The van der Waals surface area contributed by atoms with Crippen LogP contribution in [0.5, 0.6) is 0 Å². The number of carbonyl (C=O) groups is 4. The van der Waals surface area contributed by atoms with Crippen LogP contribution >= 0.6 is 11.6 Å². The van der Waals surface area contributed by atoms with Crippen molar-refractivity contribution in [3.8, 4) is 0 Å². The Bertz CT molecular complexity index is 1400. The molecule has 1 heterocycles. The third kappa shape index (κ3) is 7.14. The molecule has 0 aromatic heterocycles. The minimum atomic E-state index is -0.902. The predicted molar refractivity (Wildman–Crippen MR) is 155 cm³/mol. The first kappa shape index (κ1) is 29.0. The minimum Gasteiger partial charge on any atom is -0.342 e. The van der Waals surface area contributed by atoms with Crippen molar-refractivity contribution in [1.82, 2.24) is 10.2 Å². The Morgan fingerprint density at radius 2 is 1.68 bits per heavy atom. The van der Waals surface area contributed by atoms with Gasteiger partial charge in [-0.05, 0) is 54.8 Å². The maximum absolute atomic E-state index is 13.6. The Hall–Kier alpha value is -4.01. The largest absolute Gasteiger partial charge is 0.342 e. The monoisotopic (exact) mass is 560 g/mol. The number of anilines is 1. The van der Waals surface area contributed by atoms with E-state index in [-0.39, 0.29) is 44.0 Å². The Morgan fingerprint density at radius 3 is 2.38 bits per heavy atom. The molecule has 0 saturated carbocycles. The molecular weight excluding hydrogens is 528 g/mol. The number of fused-ring (bicyclic) bond motifs is 1. The van der Waals surface area contributed by atoms with Gasteiger partial charge < -0.3 is 21.3 Å². The van der Waals surface area contributed by atoms with Gasteiger partial charge in [0, 0.05) is 42.1 Å². The molecule has 4 rings (SSSR count). The molecule has 3 aromatic carbocycles. The highest BCUT2D eigenvalue weighted by Crippen LogP contribution is 2.25. The smallest absolute Gasteiger partial charge is 0.247 e. The minimum absolute atomic E-state index is 0.0256. The summed E-state index contributed by atoms with van der Waals surface area (Å²) in [5.74, 6) is -1.29. The number of hydrogen-bond acceptors (Lipinski definition) is 5. The lowest BCUT2D eigenvalue weighted by Gasteiger charge is -2.36. The first-order valence-electron chi connectivity index (χ1n) is 13.3. The number of amides is 3. The highest BCUT2D eigenvalue weighted by atomic mass is 35.5.